The number of nitrogens with zero attached hydrogens (tertiary/aromatic N) is 1. The number of carbonyl (C=O) groups is 1. The molecule has 0 saturated carbocycles. The second kappa shape index (κ2) is 8.66. The van der Waals surface area contributed by atoms with Gasteiger partial charge in [-0.15, -0.1) is 0 Å². The number of rotatable bonds is 7. The Hall–Kier alpha value is -1.47. The van der Waals surface area contributed by atoms with Gasteiger partial charge in [-0.05, 0) is 30.7 Å². The Labute approximate surface area is 106 Å². The van der Waals surface area contributed by atoms with Crippen LogP contribution >= 0.6 is 11.8 Å². The van der Waals surface area contributed by atoms with Crippen molar-refractivity contribution < 1.29 is 4.79 Å². The van der Waals surface area contributed by atoms with E-state index < -0.39 is 0 Å². The van der Waals surface area contributed by atoms with E-state index in [0.29, 0.717) is 12.2 Å². The van der Waals surface area contributed by atoms with Gasteiger partial charge >= 0.3 is 0 Å². The summed E-state index contributed by atoms with van der Waals surface area (Å²) >= 11 is 1.61. The lowest BCUT2D eigenvalue weighted by molar-refractivity contribution is -0.113. The van der Waals surface area contributed by atoms with E-state index in [1.807, 2.05) is 30.3 Å². The van der Waals surface area contributed by atoms with Crippen molar-refractivity contribution >= 4 is 23.4 Å². The van der Waals surface area contributed by atoms with E-state index >= 15 is 0 Å². The summed E-state index contributed by atoms with van der Waals surface area (Å²) < 4.78 is 0. The Morgan fingerprint density at radius 2 is 2.06 bits per heavy atom. The van der Waals surface area contributed by atoms with E-state index in [4.69, 9.17) is 5.26 Å². The van der Waals surface area contributed by atoms with Crippen LogP contribution in [0.25, 0.3) is 0 Å². The number of nitrogens with one attached hydrogen (secondary N) is 1. The summed E-state index contributed by atoms with van der Waals surface area (Å²) in [7, 11) is 0. The first-order chi connectivity index (χ1) is 8.33. The topological polar surface area (TPSA) is 52.9 Å². The molecule has 4 heteroatoms. The molecule has 0 aliphatic carbocycles. The molecule has 0 unspecified atom stereocenters. The lowest BCUT2D eigenvalue weighted by atomic mass is 10.3. The molecule has 1 aromatic carbocycles. The van der Waals surface area contributed by atoms with Gasteiger partial charge in [0, 0.05) is 12.1 Å². The fraction of sp³-hybridized carbons (Fsp3) is 0.385. The highest BCUT2D eigenvalue weighted by Gasteiger charge is 2.01. The number of hydrogen-bond donors (Lipinski definition) is 1. The third kappa shape index (κ3) is 6.64. The molecule has 0 saturated heterocycles. The Kier molecular flexibility index (Phi) is 6.92. The van der Waals surface area contributed by atoms with Crippen LogP contribution in [0.15, 0.2) is 30.3 Å². The highest BCUT2D eigenvalue weighted by Crippen LogP contribution is 2.09. The van der Waals surface area contributed by atoms with E-state index in [2.05, 4.69) is 11.4 Å². The number of thioether (sulfide) groups is 1. The normalized spacial score (nSPS) is 9.59. The number of benzene rings is 1. The van der Waals surface area contributed by atoms with Crippen molar-refractivity contribution in [3.05, 3.63) is 30.3 Å². The van der Waals surface area contributed by atoms with Gasteiger partial charge in [-0.3, -0.25) is 4.79 Å². The Morgan fingerprint density at radius 1 is 1.29 bits per heavy atom. The van der Waals surface area contributed by atoms with Crippen molar-refractivity contribution in [3.63, 3.8) is 0 Å². The second-order valence-electron chi connectivity index (χ2n) is 3.58. The maximum absolute atomic E-state index is 11.5. The average molecular weight is 248 g/mol. The summed E-state index contributed by atoms with van der Waals surface area (Å²) in [6, 6.07) is 11.6. The summed E-state index contributed by atoms with van der Waals surface area (Å²) in [5, 5.41) is 11.2. The van der Waals surface area contributed by atoms with Crippen LogP contribution in [0.1, 0.15) is 19.3 Å². The smallest absolute Gasteiger partial charge is 0.234 e. The monoisotopic (exact) mass is 248 g/mol. The van der Waals surface area contributed by atoms with E-state index in [1.165, 1.54) is 0 Å². The molecule has 0 spiro atoms. The van der Waals surface area contributed by atoms with Crippen molar-refractivity contribution in [2.45, 2.75) is 19.3 Å². The van der Waals surface area contributed by atoms with Gasteiger partial charge in [-0.25, -0.2) is 0 Å². The highest BCUT2D eigenvalue weighted by atomic mass is 32.2. The van der Waals surface area contributed by atoms with E-state index in [9.17, 15) is 4.79 Å². The highest BCUT2D eigenvalue weighted by molar-refractivity contribution is 7.99. The average Bonchev–Trinajstić information content (AvgIpc) is 2.35. The number of carbonyl (C=O) groups excluding carboxylic acids is 1. The van der Waals surface area contributed by atoms with E-state index in [-0.39, 0.29) is 5.91 Å². The molecule has 1 N–H and O–H groups in total. The zero-order valence-corrected chi connectivity index (χ0v) is 10.5. The minimum atomic E-state index is 0.0292. The molecule has 0 heterocycles. The van der Waals surface area contributed by atoms with Gasteiger partial charge in [0.25, 0.3) is 0 Å². The maximum Gasteiger partial charge on any atom is 0.234 e. The van der Waals surface area contributed by atoms with Gasteiger partial charge in [0.05, 0.1) is 11.8 Å². The Balaban J connectivity index is 2.08. The van der Waals surface area contributed by atoms with Gasteiger partial charge < -0.3 is 5.32 Å². The zero-order chi connectivity index (χ0) is 12.3. The maximum atomic E-state index is 11.5. The van der Waals surface area contributed by atoms with E-state index in [0.717, 1.165) is 24.3 Å². The van der Waals surface area contributed by atoms with Gasteiger partial charge in [0.15, 0.2) is 0 Å². The minimum absolute atomic E-state index is 0.0292. The molecule has 0 fully saturated rings. The minimum Gasteiger partial charge on any atom is -0.325 e. The van der Waals surface area contributed by atoms with E-state index in [1.54, 1.807) is 11.8 Å². The summed E-state index contributed by atoms with van der Waals surface area (Å²) in [5.41, 5.74) is 0.836. The quantitative estimate of drug-likeness (QED) is 0.754. The van der Waals surface area contributed by atoms with Crippen LogP contribution in [0.4, 0.5) is 5.69 Å². The molecule has 1 amide bonds. The van der Waals surface area contributed by atoms with Crippen LogP contribution in [0.3, 0.4) is 0 Å². The molecule has 17 heavy (non-hydrogen) atoms. The molecule has 0 bridgehead atoms. The lowest BCUT2D eigenvalue weighted by Crippen LogP contribution is -2.14. The third-order valence-electron chi connectivity index (χ3n) is 2.12. The van der Waals surface area contributed by atoms with Crippen LogP contribution in [-0.4, -0.2) is 17.4 Å². The lowest BCUT2D eigenvalue weighted by Gasteiger charge is -2.04. The first-order valence-electron chi connectivity index (χ1n) is 5.62. The van der Waals surface area contributed by atoms with Crippen molar-refractivity contribution in [1.82, 2.24) is 0 Å². The summed E-state index contributed by atoms with van der Waals surface area (Å²) in [4.78, 5) is 11.5. The molecule has 0 aliphatic heterocycles. The molecular weight excluding hydrogens is 232 g/mol. The molecular formula is C13H16N2OS. The van der Waals surface area contributed by atoms with Gasteiger partial charge in [-0.2, -0.15) is 17.0 Å². The summed E-state index contributed by atoms with van der Waals surface area (Å²) in [6.45, 7) is 0. The van der Waals surface area contributed by atoms with Gasteiger partial charge in [0.1, 0.15) is 0 Å². The molecule has 0 aromatic heterocycles. The standard InChI is InChI=1S/C13H16N2OS/c14-9-5-2-6-10-17-11-13(16)15-12-7-3-1-4-8-12/h1,3-4,7-8H,2,5-6,10-11H2,(H,15,16). The number of anilines is 1. The molecule has 3 nitrogen and oxygen atoms in total. The van der Waals surface area contributed by atoms with Gasteiger partial charge in [-0.1, -0.05) is 18.2 Å². The van der Waals surface area contributed by atoms with Crippen molar-refractivity contribution in [2.24, 2.45) is 0 Å². The fourth-order valence-corrected chi connectivity index (χ4v) is 2.10. The number of unbranched alkanes of at least 4 members (excludes halogenated alkanes) is 2. The summed E-state index contributed by atoms with van der Waals surface area (Å²) in [6.07, 6.45) is 2.53. The van der Waals surface area contributed by atoms with Crippen LogP contribution in [-0.2, 0) is 4.79 Å². The SMILES string of the molecule is N#CCCCCSCC(=O)Nc1ccccc1. The molecule has 1 aromatic rings. The zero-order valence-electron chi connectivity index (χ0n) is 9.69. The number of para-hydroxylation sites is 1. The van der Waals surface area contributed by atoms with Crippen LogP contribution in [0, 0.1) is 11.3 Å². The number of nitriles is 1. The predicted octanol–water partition coefficient (Wildman–Crippen LogP) is 3.05. The van der Waals surface area contributed by atoms with Crippen molar-refractivity contribution in [1.29, 1.82) is 5.26 Å². The van der Waals surface area contributed by atoms with Crippen molar-refractivity contribution in [3.8, 4) is 6.07 Å². The number of hydrogen-bond acceptors (Lipinski definition) is 3. The van der Waals surface area contributed by atoms with Crippen LogP contribution in [0.2, 0.25) is 0 Å². The largest absolute Gasteiger partial charge is 0.325 e. The van der Waals surface area contributed by atoms with Crippen molar-refractivity contribution in [2.75, 3.05) is 16.8 Å². The third-order valence-corrected chi connectivity index (χ3v) is 3.16. The number of amides is 1. The van der Waals surface area contributed by atoms with Crippen LogP contribution in [0.5, 0.6) is 0 Å². The first-order valence-corrected chi connectivity index (χ1v) is 6.78. The molecule has 0 aliphatic rings. The molecule has 0 radical (unpaired) electrons. The van der Waals surface area contributed by atoms with Gasteiger partial charge in [0.2, 0.25) is 5.91 Å². The fourth-order valence-electron chi connectivity index (χ4n) is 1.29. The second-order valence-corrected chi connectivity index (χ2v) is 4.69. The Bertz CT molecular complexity index is 373. The Morgan fingerprint density at radius 3 is 2.76 bits per heavy atom. The molecule has 0 atom stereocenters. The predicted molar refractivity (Wildman–Crippen MR) is 71.9 cm³/mol. The summed E-state index contributed by atoms with van der Waals surface area (Å²) in [5.74, 6) is 1.44. The molecule has 90 valence electrons. The first kappa shape index (κ1) is 13.6. The van der Waals surface area contributed by atoms with Crippen LogP contribution < -0.4 is 5.32 Å². The molecule has 1 rings (SSSR count).